The van der Waals surface area contributed by atoms with Gasteiger partial charge in [-0.15, -0.1) is 0 Å². The Hall–Kier alpha value is -1.23. The summed E-state index contributed by atoms with van der Waals surface area (Å²) in [5.41, 5.74) is 2.13. The molecule has 1 aliphatic carbocycles. The summed E-state index contributed by atoms with van der Waals surface area (Å²) in [6, 6.07) is 0. The van der Waals surface area contributed by atoms with Crippen LogP contribution in [0.4, 0.5) is 0 Å². The zero-order valence-corrected chi connectivity index (χ0v) is 9.32. The van der Waals surface area contributed by atoms with Gasteiger partial charge in [0.25, 0.3) is 0 Å². The molecule has 0 bridgehead atoms. The van der Waals surface area contributed by atoms with Crippen molar-refractivity contribution in [3.63, 3.8) is 0 Å². The lowest BCUT2D eigenvalue weighted by Crippen LogP contribution is -2.14. The third-order valence-electron chi connectivity index (χ3n) is 2.59. The van der Waals surface area contributed by atoms with Gasteiger partial charge >= 0.3 is 5.97 Å². The molecule has 4 nitrogen and oxygen atoms in total. The van der Waals surface area contributed by atoms with Crippen molar-refractivity contribution in [2.45, 2.75) is 25.7 Å². The van der Waals surface area contributed by atoms with Gasteiger partial charge in [-0.05, 0) is 25.7 Å². The molecule has 0 atom stereocenters. The Morgan fingerprint density at radius 3 is 2.93 bits per heavy atom. The quantitative estimate of drug-likeness (QED) is 0.584. The number of H-pyrrole nitrogens is 1. The highest BCUT2D eigenvalue weighted by atomic mass is 32.1. The summed E-state index contributed by atoms with van der Waals surface area (Å²) < 4.78 is 5.13. The molecule has 0 aromatic carbocycles. The van der Waals surface area contributed by atoms with Crippen LogP contribution in [0.1, 0.15) is 34.7 Å². The highest BCUT2D eigenvalue weighted by molar-refractivity contribution is 7.71. The van der Waals surface area contributed by atoms with E-state index < -0.39 is 5.97 Å². The Labute approximate surface area is 92.7 Å². The largest absolute Gasteiger partial charge is 0.463 e. The van der Waals surface area contributed by atoms with Crippen molar-refractivity contribution < 1.29 is 9.53 Å². The number of esters is 1. The Bertz CT molecular complexity index is 453. The molecule has 0 spiro atoms. The Morgan fingerprint density at radius 1 is 1.47 bits per heavy atom. The van der Waals surface area contributed by atoms with Gasteiger partial charge in [0.05, 0.1) is 7.11 Å². The van der Waals surface area contributed by atoms with Crippen LogP contribution < -0.4 is 0 Å². The summed E-state index contributed by atoms with van der Waals surface area (Å²) in [5.74, 6) is -0.252. The molecule has 1 N–H and O–H groups in total. The van der Waals surface area contributed by atoms with E-state index in [9.17, 15) is 4.79 Å². The maximum absolute atomic E-state index is 11.3. The fraction of sp³-hybridized carbons (Fsp3) is 0.500. The maximum Gasteiger partial charge on any atom is 0.374 e. The number of aromatic nitrogens is 2. The first-order valence-corrected chi connectivity index (χ1v) is 5.33. The van der Waals surface area contributed by atoms with Gasteiger partial charge in [-0.2, -0.15) is 0 Å². The molecule has 1 heterocycles. The van der Waals surface area contributed by atoms with Gasteiger partial charge in [0, 0.05) is 11.3 Å². The zero-order chi connectivity index (χ0) is 10.8. The van der Waals surface area contributed by atoms with Crippen LogP contribution in [0, 0.1) is 4.64 Å². The lowest BCUT2D eigenvalue weighted by atomic mass is 9.97. The highest BCUT2D eigenvalue weighted by Gasteiger charge is 2.16. The van der Waals surface area contributed by atoms with Crippen LogP contribution in [0.15, 0.2) is 0 Å². The number of aromatic amines is 1. The van der Waals surface area contributed by atoms with E-state index >= 15 is 0 Å². The van der Waals surface area contributed by atoms with Crippen LogP contribution in [0.25, 0.3) is 0 Å². The van der Waals surface area contributed by atoms with Crippen LogP contribution in [0.2, 0.25) is 0 Å². The van der Waals surface area contributed by atoms with Gasteiger partial charge in [0.2, 0.25) is 5.82 Å². The maximum atomic E-state index is 11.3. The minimum atomic E-state index is -0.463. The average Bonchev–Trinajstić information content (AvgIpc) is 2.28. The third kappa shape index (κ3) is 1.92. The first-order valence-electron chi connectivity index (χ1n) is 4.92. The van der Waals surface area contributed by atoms with Crippen molar-refractivity contribution >= 4 is 18.2 Å². The predicted molar refractivity (Wildman–Crippen MR) is 57.4 cm³/mol. The van der Waals surface area contributed by atoms with Crippen molar-refractivity contribution in [1.29, 1.82) is 0 Å². The van der Waals surface area contributed by atoms with E-state index in [1.165, 1.54) is 7.11 Å². The fourth-order valence-corrected chi connectivity index (χ4v) is 2.13. The fourth-order valence-electron chi connectivity index (χ4n) is 1.81. The summed E-state index contributed by atoms with van der Waals surface area (Å²) in [6.07, 6.45) is 4.16. The number of hydrogen-bond acceptors (Lipinski definition) is 4. The van der Waals surface area contributed by atoms with Gasteiger partial charge in [-0.1, -0.05) is 12.2 Å². The second-order valence-electron chi connectivity index (χ2n) is 3.55. The molecule has 0 radical (unpaired) electrons. The molecular weight excluding hydrogens is 212 g/mol. The lowest BCUT2D eigenvalue weighted by Gasteiger charge is -2.15. The molecule has 2 rings (SSSR count). The third-order valence-corrected chi connectivity index (χ3v) is 2.93. The minimum absolute atomic E-state index is 0.211. The molecule has 15 heavy (non-hydrogen) atoms. The van der Waals surface area contributed by atoms with E-state index in [-0.39, 0.29) is 5.82 Å². The van der Waals surface area contributed by atoms with Gasteiger partial charge in [-0.25, -0.2) is 9.78 Å². The van der Waals surface area contributed by atoms with E-state index in [1.54, 1.807) is 0 Å². The van der Waals surface area contributed by atoms with Crippen molar-refractivity contribution in [2.24, 2.45) is 0 Å². The highest BCUT2D eigenvalue weighted by Crippen LogP contribution is 2.19. The van der Waals surface area contributed by atoms with E-state index in [0.717, 1.165) is 36.9 Å². The van der Waals surface area contributed by atoms with E-state index in [1.807, 2.05) is 0 Å². The first kappa shape index (κ1) is 10.3. The second kappa shape index (κ2) is 4.10. The first-order chi connectivity index (χ1) is 7.22. The van der Waals surface area contributed by atoms with E-state index in [2.05, 4.69) is 14.7 Å². The topological polar surface area (TPSA) is 55.0 Å². The molecule has 0 aliphatic heterocycles. The van der Waals surface area contributed by atoms with Crippen molar-refractivity contribution in [1.82, 2.24) is 9.97 Å². The number of aryl methyl sites for hydroxylation is 1. The summed E-state index contributed by atoms with van der Waals surface area (Å²) in [4.78, 5) is 18.3. The number of carbonyl (C=O) groups is 1. The molecule has 0 unspecified atom stereocenters. The Morgan fingerprint density at radius 2 is 2.20 bits per heavy atom. The van der Waals surface area contributed by atoms with Crippen LogP contribution in [-0.2, 0) is 17.6 Å². The van der Waals surface area contributed by atoms with Crippen molar-refractivity contribution in [3.05, 3.63) is 21.7 Å². The van der Waals surface area contributed by atoms with E-state index in [4.69, 9.17) is 12.2 Å². The van der Waals surface area contributed by atoms with Crippen LogP contribution in [0.5, 0.6) is 0 Å². The summed E-state index contributed by atoms with van der Waals surface area (Å²) in [6.45, 7) is 0. The number of fused-ring (bicyclic) bond motifs is 1. The number of hydrogen-bond donors (Lipinski definition) is 1. The molecule has 1 aliphatic rings. The number of rotatable bonds is 1. The second-order valence-corrected chi connectivity index (χ2v) is 3.93. The van der Waals surface area contributed by atoms with Crippen LogP contribution in [0.3, 0.4) is 0 Å². The molecule has 80 valence electrons. The predicted octanol–water partition coefficient (Wildman–Crippen LogP) is 1.80. The summed E-state index contributed by atoms with van der Waals surface area (Å²) in [7, 11) is 1.33. The molecule has 1 aromatic rings. The molecule has 0 saturated carbocycles. The summed E-state index contributed by atoms with van der Waals surface area (Å²) in [5, 5.41) is 0. The average molecular weight is 224 g/mol. The number of ether oxygens (including phenoxy) is 1. The number of carbonyl (C=O) groups excluding carboxylic acids is 1. The molecule has 0 fully saturated rings. The van der Waals surface area contributed by atoms with Gasteiger partial charge in [-0.3, -0.25) is 0 Å². The molecule has 1 aromatic heterocycles. The smallest absolute Gasteiger partial charge is 0.374 e. The lowest BCUT2D eigenvalue weighted by molar-refractivity contribution is 0.0586. The summed E-state index contributed by atoms with van der Waals surface area (Å²) >= 11 is 5.15. The van der Waals surface area contributed by atoms with Crippen LogP contribution in [-0.4, -0.2) is 23.0 Å². The van der Waals surface area contributed by atoms with Gasteiger partial charge < -0.3 is 9.72 Å². The SMILES string of the molecule is COC(=O)c1nc(=S)c2c([nH]1)CCCC2. The number of nitrogens with zero attached hydrogens (tertiary/aromatic N) is 1. The van der Waals surface area contributed by atoms with Gasteiger partial charge in [0.1, 0.15) is 4.64 Å². The normalized spacial score (nSPS) is 14.5. The van der Waals surface area contributed by atoms with Crippen molar-refractivity contribution in [3.8, 4) is 0 Å². The molecular formula is C10H12N2O2S. The molecule has 0 amide bonds. The van der Waals surface area contributed by atoms with Crippen molar-refractivity contribution in [2.75, 3.05) is 7.11 Å². The molecule has 5 heteroatoms. The van der Waals surface area contributed by atoms with Gasteiger partial charge in [0.15, 0.2) is 0 Å². The number of nitrogens with one attached hydrogen (secondary N) is 1. The Balaban J connectivity index is 2.50. The number of methoxy groups -OCH3 is 1. The standard InChI is InChI=1S/C10H12N2O2S/c1-14-10(13)8-11-7-5-3-2-4-6(7)9(15)12-8/h2-5H2,1H3,(H,11,12,15). The van der Waals surface area contributed by atoms with Crippen LogP contribution >= 0.6 is 12.2 Å². The minimum Gasteiger partial charge on any atom is -0.463 e. The van der Waals surface area contributed by atoms with E-state index in [0.29, 0.717) is 4.64 Å². The monoisotopic (exact) mass is 224 g/mol. The molecule has 0 saturated heterocycles. The Kier molecular flexibility index (Phi) is 2.81. The zero-order valence-electron chi connectivity index (χ0n) is 8.50.